The first-order chi connectivity index (χ1) is 11.8. The predicted octanol–water partition coefficient (Wildman–Crippen LogP) is 4.57. The Bertz CT molecular complexity index is 777. The molecule has 0 spiro atoms. The van der Waals surface area contributed by atoms with E-state index in [9.17, 15) is 0 Å². The quantitative estimate of drug-likeness (QED) is 0.641. The van der Waals surface area contributed by atoms with Gasteiger partial charge in [-0.3, -0.25) is 4.98 Å². The van der Waals surface area contributed by atoms with Crippen LogP contribution < -0.4 is 10.1 Å². The van der Waals surface area contributed by atoms with Crippen molar-refractivity contribution in [2.24, 2.45) is 0 Å². The average molecular weight is 339 g/mol. The highest BCUT2D eigenvalue weighted by Gasteiger charge is 2.01. The zero-order valence-corrected chi connectivity index (χ0v) is 14.0. The number of para-hydroxylation sites is 1. The van der Waals surface area contributed by atoms with Crippen LogP contribution in [0.25, 0.3) is 11.1 Å². The van der Waals surface area contributed by atoms with Crippen LogP contribution in [-0.4, -0.2) is 18.1 Å². The molecule has 1 N–H and O–H groups in total. The minimum absolute atomic E-state index is 0.565. The number of aromatic nitrogens is 1. The molecule has 0 aliphatic heterocycles. The Kier molecular flexibility index (Phi) is 5.83. The molecule has 0 unspecified atom stereocenters. The molecule has 0 amide bonds. The standard InChI is InChI=1S/C20H19ClN2O/c21-19-8-4-5-9-20(19)24-11-10-22-13-16-12-18(15-23-14-16)17-6-2-1-3-7-17/h1-9,12,14-15,22H,10-11,13H2. The van der Waals surface area contributed by atoms with Crippen LogP contribution in [0.3, 0.4) is 0 Å². The minimum atomic E-state index is 0.565. The van der Waals surface area contributed by atoms with Crippen LogP contribution in [0, 0.1) is 0 Å². The number of nitrogens with one attached hydrogen (secondary N) is 1. The summed E-state index contributed by atoms with van der Waals surface area (Å²) in [7, 11) is 0. The molecule has 3 rings (SSSR count). The zero-order valence-electron chi connectivity index (χ0n) is 13.3. The van der Waals surface area contributed by atoms with Gasteiger partial charge >= 0.3 is 0 Å². The van der Waals surface area contributed by atoms with Crippen LogP contribution in [0.4, 0.5) is 0 Å². The monoisotopic (exact) mass is 338 g/mol. The van der Waals surface area contributed by atoms with Gasteiger partial charge in [-0.15, -0.1) is 0 Å². The lowest BCUT2D eigenvalue weighted by Crippen LogP contribution is -2.20. The Hall–Kier alpha value is -2.36. The van der Waals surface area contributed by atoms with Gasteiger partial charge in [-0.05, 0) is 29.3 Å². The normalized spacial score (nSPS) is 10.5. The Labute approximate surface area is 147 Å². The molecule has 2 aromatic carbocycles. The minimum Gasteiger partial charge on any atom is -0.491 e. The summed E-state index contributed by atoms with van der Waals surface area (Å²) in [5, 5.41) is 4.00. The lowest BCUT2D eigenvalue weighted by Gasteiger charge is -2.09. The maximum absolute atomic E-state index is 6.05. The number of hydrogen-bond donors (Lipinski definition) is 1. The second kappa shape index (κ2) is 8.48. The van der Waals surface area contributed by atoms with Gasteiger partial charge in [-0.1, -0.05) is 54.1 Å². The SMILES string of the molecule is Clc1ccccc1OCCNCc1cncc(-c2ccccc2)c1. The molecule has 0 atom stereocenters. The molecule has 0 aliphatic rings. The van der Waals surface area contributed by atoms with E-state index in [4.69, 9.17) is 16.3 Å². The van der Waals surface area contributed by atoms with E-state index in [-0.39, 0.29) is 0 Å². The van der Waals surface area contributed by atoms with Gasteiger partial charge in [0.2, 0.25) is 0 Å². The van der Waals surface area contributed by atoms with Crippen molar-refractivity contribution in [1.82, 2.24) is 10.3 Å². The van der Waals surface area contributed by atoms with Crippen LogP contribution in [0.15, 0.2) is 73.1 Å². The lowest BCUT2D eigenvalue weighted by atomic mass is 10.1. The molecule has 4 heteroatoms. The fourth-order valence-corrected chi connectivity index (χ4v) is 2.59. The number of rotatable bonds is 7. The van der Waals surface area contributed by atoms with Crippen molar-refractivity contribution in [2.75, 3.05) is 13.2 Å². The van der Waals surface area contributed by atoms with E-state index in [0.29, 0.717) is 17.4 Å². The molecule has 1 heterocycles. The third-order valence-electron chi connectivity index (χ3n) is 3.60. The molecule has 0 saturated carbocycles. The van der Waals surface area contributed by atoms with Crippen molar-refractivity contribution in [1.29, 1.82) is 0 Å². The summed E-state index contributed by atoms with van der Waals surface area (Å²) in [4.78, 5) is 4.33. The maximum atomic E-state index is 6.05. The predicted molar refractivity (Wildman–Crippen MR) is 98.3 cm³/mol. The molecule has 0 radical (unpaired) electrons. The summed E-state index contributed by atoms with van der Waals surface area (Å²) in [5.41, 5.74) is 3.45. The summed E-state index contributed by atoms with van der Waals surface area (Å²) in [6.07, 6.45) is 3.77. The molecular weight excluding hydrogens is 320 g/mol. The zero-order chi connectivity index (χ0) is 16.6. The van der Waals surface area contributed by atoms with Gasteiger partial charge in [0.05, 0.1) is 5.02 Å². The number of hydrogen-bond acceptors (Lipinski definition) is 3. The van der Waals surface area contributed by atoms with Gasteiger partial charge in [-0.2, -0.15) is 0 Å². The summed E-state index contributed by atoms with van der Waals surface area (Å²) in [6.45, 7) is 2.05. The fraction of sp³-hybridized carbons (Fsp3) is 0.150. The van der Waals surface area contributed by atoms with Crippen LogP contribution in [0.2, 0.25) is 5.02 Å². The van der Waals surface area contributed by atoms with Crippen molar-refractivity contribution < 1.29 is 4.74 Å². The van der Waals surface area contributed by atoms with Crippen LogP contribution >= 0.6 is 11.6 Å². The highest BCUT2D eigenvalue weighted by molar-refractivity contribution is 6.32. The van der Waals surface area contributed by atoms with Crippen LogP contribution in [0.1, 0.15) is 5.56 Å². The number of ether oxygens (including phenoxy) is 1. The fourth-order valence-electron chi connectivity index (χ4n) is 2.40. The van der Waals surface area contributed by atoms with Crippen LogP contribution in [-0.2, 0) is 6.54 Å². The summed E-state index contributed by atoms with van der Waals surface area (Å²) < 4.78 is 5.66. The molecule has 3 nitrogen and oxygen atoms in total. The van der Waals surface area contributed by atoms with Crippen molar-refractivity contribution >= 4 is 11.6 Å². The number of nitrogens with zero attached hydrogens (tertiary/aromatic N) is 1. The van der Waals surface area contributed by atoms with Crippen molar-refractivity contribution in [3.63, 3.8) is 0 Å². The molecule has 0 saturated heterocycles. The van der Waals surface area contributed by atoms with Crippen molar-refractivity contribution in [3.8, 4) is 16.9 Å². The van der Waals surface area contributed by atoms with Gasteiger partial charge in [-0.25, -0.2) is 0 Å². The van der Waals surface area contributed by atoms with E-state index in [1.807, 2.05) is 54.9 Å². The molecule has 3 aromatic rings. The van der Waals surface area contributed by atoms with Crippen molar-refractivity contribution in [2.45, 2.75) is 6.54 Å². The Morgan fingerprint density at radius 2 is 1.71 bits per heavy atom. The molecule has 0 bridgehead atoms. The third-order valence-corrected chi connectivity index (χ3v) is 3.92. The van der Waals surface area contributed by atoms with E-state index >= 15 is 0 Å². The third kappa shape index (κ3) is 4.57. The number of pyridine rings is 1. The second-order valence-electron chi connectivity index (χ2n) is 5.40. The largest absolute Gasteiger partial charge is 0.491 e. The number of benzene rings is 2. The number of halogens is 1. The summed E-state index contributed by atoms with van der Waals surface area (Å²) >= 11 is 6.05. The summed E-state index contributed by atoms with van der Waals surface area (Å²) in [5.74, 6) is 0.716. The first kappa shape index (κ1) is 16.5. The highest BCUT2D eigenvalue weighted by Crippen LogP contribution is 2.22. The highest BCUT2D eigenvalue weighted by atomic mass is 35.5. The van der Waals surface area contributed by atoms with Gasteiger partial charge in [0, 0.05) is 31.0 Å². The Balaban J connectivity index is 1.48. The second-order valence-corrected chi connectivity index (χ2v) is 5.81. The van der Waals surface area contributed by atoms with E-state index in [0.717, 1.165) is 24.2 Å². The van der Waals surface area contributed by atoms with Gasteiger partial charge in [0.1, 0.15) is 12.4 Å². The molecule has 0 fully saturated rings. The first-order valence-electron chi connectivity index (χ1n) is 7.90. The van der Waals surface area contributed by atoms with Gasteiger partial charge in [0.15, 0.2) is 0 Å². The van der Waals surface area contributed by atoms with E-state index in [1.165, 1.54) is 5.56 Å². The molecule has 1 aromatic heterocycles. The van der Waals surface area contributed by atoms with E-state index in [1.54, 1.807) is 0 Å². The first-order valence-corrected chi connectivity index (χ1v) is 8.28. The topological polar surface area (TPSA) is 34.1 Å². The molecule has 122 valence electrons. The smallest absolute Gasteiger partial charge is 0.137 e. The van der Waals surface area contributed by atoms with Gasteiger partial charge < -0.3 is 10.1 Å². The lowest BCUT2D eigenvalue weighted by molar-refractivity contribution is 0.314. The van der Waals surface area contributed by atoms with E-state index < -0.39 is 0 Å². The Morgan fingerprint density at radius 3 is 2.54 bits per heavy atom. The maximum Gasteiger partial charge on any atom is 0.137 e. The molecule has 0 aliphatic carbocycles. The van der Waals surface area contributed by atoms with Gasteiger partial charge in [0.25, 0.3) is 0 Å². The molecule has 24 heavy (non-hydrogen) atoms. The average Bonchev–Trinajstić information content (AvgIpc) is 2.64. The van der Waals surface area contributed by atoms with Crippen molar-refractivity contribution in [3.05, 3.63) is 83.6 Å². The molecular formula is C20H19ClN2O. The summed E-state index contributed by atoms with van der Waals surface area (Å²) in [6, 6.07) is 19.9. The van der Waals surface area contributed by atoms with E-state index in [2.05, 4.69) is 28.5 Å². The Morgan fingerprint density at radius 1 is 0.917 bits per heavy atom. The van der Waals surface area contributed by atoms with Crippen LogP contribution in [0.5, 0.6) is 5.75 Å².